The molecule has 154 valence electrons. The zero-order valence-electron chi connectivity index (χ0n) is 16.6. The van der Waals surface area contributed by atoms with Gasteiger partial charge in [-0.05, 0) is 43.5 Å². The van der Waals surface area contributed by atoms with Gasteiger partial charge in [-0.3, -0.25) is 14.4 Å². The first-order valence-corrected chi connectivity index (χ1v) is 9.53. The van der Waals surface area contributed by atoms with Crippen molar-refractivity contribution in [1.82, 2.24) is 21.0 Å². The topological polar surface area (TPSA) is 125 Å². The number of aromatic nitrogens is 1. The molecule has 3 amide bonds. The van der Waals surface area contributed by atoms with Crippen molar-refractivity contribution < 1.29 is 19.1 Å². The number of benzene rings is 1. The van der Waals surface area contributed by atoms with Crippen molar-refractivity contribution in [3.05, 3.63) is 29.5 Å². The van der Waals surface area contributed by atoms with Crippen LogP contribution in [0.5, 0.6) is 5.75 Å². The summed E-state index contributed by atoms with van der Waals surface area (Å²) in [5.74, 6) is 0.293. The van der Waals surface area contributed by atoms with Gasteiger partial charge in [0.05, 0.1) is 7.11 Å². The van der Waals surface area contributed by atoms with Gasteiger partial charge in [-0.1, -0.05) is 0 Å². The lowest BCUT2D eigenvalue weighted by Gasteiger charge is -2.11. The third-order valence-electron chi connectivity index (χ3n) is 4.85. The average molecular weight is 399 g/mol. The number of ether oxygens (including phenoxy) is 1. The van der Waals surface area contributed by atoms with E-state index >= 15 is 0 Å². The summed E-state index contributed by atoms with van der Waals surface area (Å²) in [5.41, 5.74) is 5.44. The summed E-state index contributed by atoms with van der Waals surface area (Å²) in [6, 6.07) is 5.60. The van der Waals surface area contributed by atoms with Gasteiger partial charge in [0, 0.05) is 42.5 Å². The molecule has 0 radical (unpaired) electrons. The van der Waals surface area contributed by atoms with E-state index in [1.54, 1.807) is 7.11 Å². The van der Waals surface area contributed by atoms with Crippen molar-refractivity contribution in [2.24, 2.45) is 5.10 Å². The Kier molecular flexibility index (Phi) is 6.48. The van der Waals surface area contributed by atoms with Crippen LogP contribution in [0.3, 0.4) is 0 Å². The zero-order chi connectivity index (χ0) is 20.8. The summed E-state index contributed by atoms with van der Waals surface area (Å²) in [6.07, 6.45) is 1.80. The van der Waals surface area contributed by atoms with Crippen LogP contribution in [0.25, 0.3) is 10.9 Å². The number of rotatable bonds is 8. The summed E-state index contributed by atoms with van der Waals surface area (Å²) in [7, 11) is 1.60. The number of methoxy groups -OCH3 is 1. The normalized spacial score (nSPS) is 13.6. The lowest BCUT2D eigenvalue weighted by Crippen LogP contribution is -2.35. The number of H-pyrrole nitrogens is 1. The first-order valence-electron chi connectivity index (χ1n) is 9.53. The number of hydrazone groups is 1. The second-order valence-corrected chi connectivity index (χ2v) is 6.86. The fourth-order valence-corrected chi connectivity index (χ4v) is 3.16. The van der Waals surface area contributed by atoms with Crippen LogP contribution in [0.4, 0.5) is 0 Å². The van der Waals surface area contributed by atoms with Crippen LogP contribution in [0, 0.1) is 6.92 Å². The SMILES string of the molecule is COc1ccc2[nH]c(C(=O)NCCNC(=O)CCC3=NNC(=O)CC3)c(C)c2c1. The minimum Gasteiger partial charge on any atom is -0.497 e. The van der Waals surface area contributed by atoms with E-state index in [9.17, 15) is 14.4 Å². The van der Waals surface area contributed by atoms with E-state index in [2.05, 4.69) is 26.1 Å². The van der Waals surface area contributed by atoms with Crippen molar-refractivity contribution in [2.75, 3.05) is 20.2 Å². The van der Waals surface area contributed by atoms with Crippen molar-refractivity contribution in [3.63, 3.8) is 0 Å². The summed E-state index contributed by atoms with van der Waals surface area (Å²) >= 11 is 0. The Morgan fingerprint density at radius 1 is 1.21 bits per heavy atom. The fraction of sp³-hybridized carbons (Fsp3) is 0.400. The minimum absolute atomic E-state index is 0.0988. The predicted molar refractivity (Wildman–Crippen MR) is 109 cm³/mol. The summed E-state index contributed by atoms with van der Waals surface area (Å²) < 4.78 is 5.23. The van der Waals surface area contributed by atoms with E-state index in [-0.39, 0.29) is 17.7 Å². The second-order valence-electron chi connectivity index (χ2n) is 6.86. The molecule has 0 unspecified atom stereocenters. The molecule has 0 saturated carbocycles. The van der Waals surface area contributed by atoms with Gasteiger partial charge in [0.15, 0.2) is 0 Å². The van der Waals surface area contributed by atoms with Gasteiger partial charge in [0.2, 0.25) is 11.8 Å². The monoisotopic (exact) mass is 399 g/mol. The molecule has 1 aromatic carbocycles. The van der Waals surface area contributed by atoms with Crippen molar-refractivity contribution >= 4 is 34.3 Å². The predicted octanol–water partition coefficient (Wildman–Crippen LogP) is 1.38. The zero-order valence-corrected chi connectivity index (χ0v) is 16.6. The van der Waals surface area contributed by atoms with Gasteiger partial charge >= 0.3 is 0 Å². The van der Waals surface area contributed by atoms with E-state index in [1.807, 2.05) is 25.1 Å². The molecule has 1 aliphatic heterocycles. The standard InChI is InChI=1S/C20H25N5O4/c1-12-15-11-14(29-2)5-6-16(15)23-19(12)20(28)22-10-9-21-17(26)7-3-13-4-8-18(27)25-24-13/h5-6,11,23H,3-4,7-10H2,1-2H3,(H,21,26)(H,22,28)(H,25,27). The van der Waals surface area contributed by atoms with Crippen LogP contribution in [-0.2, 0) is 9.59 Å². The molecule has 0 spiro atoms. The van der Waals surface area contributed by atoms with Gasteiger partial charge in [-0.15, -0.1) is 0 Å². The fourth-order valence-electron chi connectivity index (χ4n) is 3.16. The molecule has 0 saturated heterocycles. The summed E-state index contributed by atoms with van der Waals surface area (Å²) in [6.45, 7) is 2.53. The highest BCUT2D eigenvalue weighted by Crippen LogP contribution is 2.25. The average Bonchev–Trinajstić information content (AvgIpc) is 3.06. The lowest BCUT2D eigenvalue weighted by atomic mass is 10.1. The number of carbonyl (C=O) groups excluding carboxylic acids is 3. The molecule has 2 heterocycles. The maximum absolute atomic E-state index is 12.5. The number of carbonyl (C=O) groups is 3. The lowest BCUT2D eigenvalue weighted by molar-refractivity contribution is -0.121. The number of aromatic amines is 1. The maximum Gasteiger partial charge on any atom is 0.268 e. The van der Waals surface area contributed by atoms with E-state index in [1.165, 1.54) is 0 Å². The molecule has 29 heavy (non-hydrogen) atoms. The van der Waals surface area contributed by atoms with E-state index < -0.39 is 0 Å². The van der Waals surface area contributed by atoms with Gasteiger partial charge < -0.3 is 20.4 Å². The van der Waals surface area contributed by atoms with Gasteiger partial charge in [0.25, 0.3) is 5.91 Å². The van der Waals surface area contributed by atoms with Gasteiger partial charge in [0.1, 0.15) is 11.4 Å². The smallest absolute Gasteiger partial charge is 0.268 e. The Hall–Kier alpha value is -3.36. The molecule has 9 nitrogen and oxygen atoms in total. The number of fused-ring (bicyclic) bond motifs is 1. The number of aryl methyl sites for hydroxylation is 1. The van der Waals surface area contributed by atoms with E-state index in [4.69, 9.17) is 4.74 Å². The molecular weight excluding hydrogens is 374 g/mol. The van der Waals surface area contributed by atoms with Crippen LogP contribution < -0.4 is 20.8 Å². The molecule has 0 bridgehead atoms. The first kappa shape index (κ1) is 20.4. The van der Waals surface area contributed by atoms with Crippen LogP contribution >= 0.6 is 0 Å². The van der Waals surface area contributed by atoms with Crippen LogP contribution in [0.15, 0.2) is 23.3 Å². The molecule has 1 aliphatic rings. The molecule has 3 rings (SSSR count). The van der Waals surface area contributed by atoms with Gasteiger partial charge in [-0.2, -0.15) is 5.10 Å². The van der Waals surface area contributed by atoms with Gasteiger partial charge in [-0.25, -0.2) is 5.43 Å². The Labute approximate surface area is 168 Å². The van der Waals surface area contributed by atoms with Crippen molar-refractivity contribution in [2.45, 2.75) is 32.6 Å². The Morgan fingerprint density at radius 3 is 2.72 bits per heavy atom. The summed E-state index contributed by atoms with van der Waals surface area (Å²) in [5, 5.41) is 10.5. The highest BCUT2D eigenvalue weighted by molar-refractivity contribution is 6.01. The Morgan fingerprint density at radius 2 is 2.00 bits per heavy atom. The Bertz CT molecular complexity index is 963. The third-order valence-corrected chi connectivity index (χ3v) is 4.85. The molecule has 0 aliphatic carbocycles. The number of nitrogens with zero attached hydrogens (tertiary/aromatic N) is 1. The number of hydrogen-bond donors (Lipinski definition) is 4. The number of nitrogens with one attached hydrogen (secondary N) is 4. The van der Waals surface area contributed by atoms with Crippen molar-refractivity contribution in [1.29, 1.82) is 0 Å². The molecular formula is C20H25N5O4. The first-order chi connectivity index (χ1) is 14.0. The van der Waals surface area contributed by atoms with E-state index in [0.29, 0.717) is 44.5 Å². The van der Waals surface area contributed by atoms with Crippen LogP contribution in [0.2, 0.25) is 0 Å². The highest BCUT2D eigenvalue weighted by atomic mass is 16.5. The third kappa shape index (κ3) is 5.13. The largest absolute Gasteiger partial charge is 0.497 e. The van der Waals surface area contributed by atoms with E-state index in [0.717, 1.165) is 27.9 Å². The number of hydrogen-bond acceptors (Lipinski definition) is 5. The highest BCUT2D eigenvalue weighted by Gasteiger charge is 2.15. The second kappa shape index (κ2) is 9.22. The molecule has 2 aromatic rings. The minimum atomic E-state index is -0.223. The molecule has 0 fully saturated rings. The number of amides is 3. The van der Waals surface area contributed by atoms with Crippen LogP contribution in [0.1, 0.15) is 41.7 Å². The molecule has 9 heteroatoms. The Balaban J connectivity index is 1.43. The van der Waals surface area contributed by atoms with Crippen LogP contribution in [-0.4, -0.2) is 48.6 Å². The maximum atomic E-state index is 12.5. The quantitative estimate of drug-likeness (QED) is 0.501. The molecule has 0 atom stereocenters. The van der Waals surface area contributed by atoms with Crippen molar-refractivity contribution in [3.8, 4) is 5.75 Å². The molecule has 1 aromatic heterocycles. The summed E-state index contributed by atoms with van der Waals surface area (Å²) in [4.78, 5) is 38.5. The molecule has 4 N–H and O–H groups in total.